The van der Waals surface area contributed by atoms with Crippen LogP contribution in [-0.2, 0) is 4.79 Å². The summed E-state index contributed by atoms with van der Waals surface area (Å²) in [6.07, 6.45) is 1.50. The van der Waals surface area contributed by atoms with Crippen LogP contribution in [-0.4, -0.2) is 36.7 Å². The maximum Gasteiger partial charge on any atom is 0.313 e. The summed E-state index contributed by atoms with van der Waals surface area (Å²) in [5.74, 6) is 4.78. The molecule has 19 heavy (non-hydrogen) atoms. The number of pyridine rings is 1. The average Bonchev–Trinajstić information content (AvgIpc) is 2.68. The Morgan fingerprint density at radius 3 is 2.95 bits per heavy atom. The van der Waals surface area contributed by atoms with E-state index in [0.717, 1.165) is 22.1 Å². The Labute approximate surface area is 111 Å². The second kappa shape index (κ2) is 5.14. The third kappa shape index (κ3) is 2.76. The zero-order valence-electron chi connectivity index (χ0n) is 9.95. The fraction of sp³-hybridized carbons (Fsp3) is 0.200. The molecule has 2 rings (SSSR count). The van der Waals surface area contributed by atoms with E-state index in [9.17, 15) is 9.59 Å². The van der Waals surface area contributed by atoms with Crippen LogP contribution in [0, 0.1) is 6.92 Å². The topological polar surface area (TPSA) is 127 Å². The third-order valence-corrected chi connectivity index (χ3v) is 3.22. The quantitative estimate of drug-likeness (QED) is 0.524. The van der Waals surface area contributed by atoms with Crippen molar-refractivity contribution < 1.29 is 9.90 Å². The van der Waals surface area contributed by atoms with Gasteiger partial charge in [-0.25, -0.2) is 4.68 Å². The number of hydrogen-bond acceptors (Lipinski definition) is 6. The fourth-order valence-corrected chi connectivity index (χ4v) is 2.01. The van der Waals surface area contributed by atoms with Crippen molar-refractivity contribution in [1.29, 1.82) is 0 Å². The Hall–Kier alpha value is -2.29. The van der Waals surface area contributed by atoms with Crippen molar-refractivity contribution in [3.8, 4) is 11.4 Å². The van der Waals surface area contributed by atoms with Gasteiger partial charge in [0.25, 0.3) is 0 Å². The molecule has 0 bridgehead atoms. The summed E-state index contributed by atoms with van der Waals surface area (Å²) in [7, 11) is 0. The summed E-state index contributed by atoms with van der Waals surface area (Å²) in [6.45, 7) is 1.76. The highest BCUT2D eigenvalue weighted by Gasteiger charge is 2.15. The van der Waals surface area contributed by atoms with E-state index >= 15 is 0 Å². The second-order valence-corrected chi connectivity index (χ2v) is 4.70. The van der Waals surface area contributed by atoms with Crippen molar-refractivity contribution in [2.24, 2.45) is 0 Å². The number of H-pyrrole nitrogens is 1. The Morgan fingerprint density at radius 1 is 1.58 bits per heavy atom. The van der Waals surface area contributed by atoms with Crippen molar-refractivity contribution in [3.05, 3.63) is 28.2 Å². The lowest BCUT2D eigenvalue weighted by Crippen LogP contribution is -2.16. The van der Waals surface area contributed by atoms with Crippen LogP contribution in [0.25, 0.3) is 11.4 Å². The first-order chi connectivity index (χ1) is 8.99. The van der Waals surface area contributed by atoms with Crippen molar-refractivity contribution >= 4 is 17.7 Å². The number of rotatable bonds is 4. The maximum atomic E-state index is 11.8. The van der Waals surface area contributed by atoms with E-state index in [2.05, 4.69) is 15.2 Å². The smallest absolute Gasteiger partial charge is 0.313 e. The number of thioether (sulfide) groups is 1. The first-order valence-electron chi connectivity index (χ1n) is 5.24. The van der Waals surface area contributed by atoms with Gasteiger partial charge in [-0.05, 0) is 6.92 Å². The lowest BCUT2D eigenvalue weighted by atomic mass is 10.2. The Bertz CT molecular complexity index is 678. The van der Waals surface area contributed by atoms with Gasteiger partial charge in [-0.3, -0.25) is 9.59 Å². The zero-order valence-corrected chi connectivity index (χ0v) is 10.8. The average molecular weight is 281 g/mol. The van der Waals surface area contributed by atoms with E-state index < -0.39 is 5.97 Å². The molecule has 0 aliphatic rings. The van der Waals surface area contributed by atoms with Crippen LogP contribution in [0.3, 0.4) is 0 Å². The van der Waals surface area contributed by atoms with E-state index in [1.54, 1.807) is 6.92 Å². The molecule has 0 amide bonds. The molecule has 8 nitrogen and oxygen atoms in total. The van der Waals surface area contributed by atoms with Gasteiger partial charge in [0.1, 0.15) is 0 Å². The highest BCUT2D eigenvalue weighted by atomic mass is 32.2. The van der Waals surface area contributed by atoms with Gasteiger partial charge in [-0.2, -0.15) is 0 Å². The molecule has 0 aliphatic heterocycles. The van der Waals surface area contributed by atoms with E-state index in [4.69, 9.17) is 10.9 Å². The van der Waals surface area contributed by atoms with Gasteiger partial charge >= 0.3 is 5.97 Å². The number of nitrogen functional groups attached to an aromatic ring is 1. The number of aromatic nitrogens is 4. The molecule has 0 aliphatic carbocycles. The summed E-state index contributed by atoms with van der Waals surface area (Å²) in [4.78, 5) is 25.2. The van der Waals surface area contributed by atoms with Crippen LogP contribution in [0.2, 0.25) is 0 Å². The normalized spacial score (nSPS) is 10.6. The van der Waals surface area contributed by atoms with Crippen molar-refractivity contribution in [1.82, 2.24) is 19.9 Å². The van der Waals surface area contributed by atoms with E-state index in [1.165, 1.54) is 12.3 Å². The number of nitrogens with two attached hydrogens (primary N) is 1. The summed E-state index contributed by atoms with van der Waals surface area (Å²) >= 11 is 0.932. The van der Waals surface area contributed by atoms with Crippen LogP contribution in [0.4, 0.5) is 0 Å². The lowest BCUT2D eigenvalue weighted by molar-refractivity contribution is -0.133. The molecule has 100 valence electrons. The molecule has 0 fully saturated rings. The third-order valence-electron chi connectivity index (χ3n) is 2.29. The predicted octanol–water partition coefficient (Wildman–Crippen LogP) is -0.168. The minimum Gasteiger partial charge on any atom is -0.481 e. The summed E-state index contributed by atoms with van der Waals surface area (Å²) in [5.41, 5.74) is 0.769. The number of hydrogen-bond donors (Lipinski definition) is 3. The number of nitrogens with zero attached hydrogens (tertiary/aromatic N) is 3. The molecule has 0 unspecified atom stereocenters. The summed E-state index contributed by atoms with van der Waals surface area (Å²) in [5, 5.41) is 16.4. The maximum absolute atomic E-state index is 11.8. The first-order valence-corrected chi connectivity index (χ1v) is 6.22. The number of carboxylic acid groups (broad SMARTS) is 1. The molecule has 0 saturated heterocycles. The van der Waals surface area contributed by atoms with E-state index in [-0.39, 0.29) is 27.7 Å². The molecule has 2 aromatic rings. The summed E-state index contributed by atoms with van der Waals surface area (Å²) < 4.78 is 1.10. The molecule has 9 heteroatoms. The number of carboxylic acids is 1. The van der Waals surface area contributed by atoms with Gasteiger partial charge in [-0.1, -0.05) is 11.8 Å². The summed E-state index contributed by atoms with van der Waals surface area (Å²) in [6, 6.07) is 1.42. The van der Waals surface area contributed by atoms with Crippen molar-refractivity contribution in [2.75, 3.05) is 11.6 Å². The largest absolute Gasteiger partial charge is 0.481 e. The number of carbonyl (C=O) groups is 1. The molecule has 0 atom stereocenters. The van der Waals surface area contributed by atoms with Crippen LogP contribution in [0.5, 0.6) is 0 Å². The number of aryl methyl sites for hydroxylation is 1. The van der Waals surface area contributed by atoms with Gasteiger partial charge in [-0.15, -0.1) is 10.2 Å². The van der Waals surface area contributed by atoms with Crippen LogP contribution >= 0.6 is 11.8 Å². The van der Waals surface area contributed by atoms with Crippen molar-refractivity contribution in [3.63, 3.8) is 0 Å². The van der Waals surface area contributed by atoms with E-state index in [0.29, 0.717) is 0 Å². The molecular weight excluding hydrogens is 270 g/mol. The predicted molar refractivity (Wildman–Crippen MR) is 69.3 cm³/mol. The van der Waals surface area contributed by atoms with Crippen molar-refractivity contribution in [2.45, 2.75) is 12.1 Å². The number of aromatic amines is 1. The highest BCUT2D eigenvalue weighted by Crippen LogP contribution is 2.18. The Morgan fingerprint density at radius 2 is 2.32 bits per heavy atom. The Kier molecular flexibility index (Phi) is 3.56. The lowest BCUT2D eigenvalue weighted by Gasteiger charge is -2.02. The molecule has 0 saturated carbocycles. The molecule has 2 heterocycles. The molecule has 0 spiro atoms. The SMILES string of the molecule is Cc1cc(=O)c(-c2nnc(SCC(=O)O)n2N)c[nH]1. The standard InChI is InChI=1S/C10H11N5O3S/c1-5-2-7(16)6(3-12-5)9-13-14-10(15(9)11)19-4-8(17)18/h2-3H,4,11H2,1H3,(H,12,16)(H,17,18). The van der Waals surface area contributed by atoms with Crippen LogP contribution < -0.4 is 11.3 Å². The van der Waals surface area contributed by atoms with Gasteiger partial charge in [0.15, 0.2) is 11.3 Å². The second-order valence-electron chi connectivity index (χ2n) is 3.75. The van der Waals surface area contributed by atoms with Crippen LogP contribution in [0.1, 0.15) is 5.69 Å². The molecular formula is C10H11N5O3S. The highest BCUT2D eigenvalue weighted by molar-refractivity contribution is 7.99. The number of aliphatic carboxylic acids is 1. The van der Waals surface area contributed by atoms with Gasteiger partial charge in [0, 0.05) is 18.0 Å². The molecule has 0 radical (unpaired) electrons. The van der Waals surface area contributed by atoms with E-state index in [1.807, 2.05) is 0 Å². The van der Waals surface area contributed by atoms with Gasteiger partial charge < -0.3 is 15.9 Å². The van der Waals surface area contributed by atoms with Gasteiger partial charge in [0.05, 0.1) is 11.3 Å². The molecule has 2 aromatic heterocycles. The number of nitrogens with one attached hydrogen (secondary N) is 1. The Balaban J connectivity index is 2.36. The minimum absolute atomic E-state index is 0.181. The van der Waals surface area contributed by atoms with Crippen LogP contribution in [0.15, 0.2) is 22.2 Å². The molecule has 0 aromatic carbocycles. The molecule has 4 N–H and O–H groups in total. The monoisotopic (exact) mass is 281 g/mol. The minimum atomic E-state index is -0.984. The first kappa shape index (κ1) is 13.1. The van der Waals surface area contributed by atoms with Gasteiger partial charge in [0.2, 0.25) is 5.16 Å². The zero-order chi connectivity index (χ0) is 14.0. The fourth-order valence-electron chi connectivity index (χ4n) is 1.43.